The lowest BCUT2D eigenvalue weighted by atomic mass is 10.1. The predicted octanol–water partition coefficient (Wildman–Crippen LogP) is 2.28. The molecule has 0 fully saturated rings. The number of aryl methyl sites for hydroxylation is 1. The van der Waals surface area contributed by atoms with Gasteiger partial charge in [0, 0.05) is 18.8 Å². The topological polar surface area (TPSA) is 88.0 Å². The van der Waals surface area contributed by atoms with E-state index in [0.717, 1.165) is 23.4 Å². The fourth-order valence-corrected chi connectivity index (χ4v) is 2.66. The second-order valence-corrected chi connectivity index (χ2v) is 6.10. The van der Waals surface area contributed by atoms with Crippen LogP contribution in [-0.2, 0) is 0 Å². The molecule has 0 aromatic heterocycles. The van der Waals surface area contributed by atoms with Crippen molar-refractivity contribution < 1.29 is 15.0 Å². The van der Waals surface area contributed by atoms with Crippen molar-refractivity contribution in [2.45, 2.75) is 13.8 Å². The Labute approximate surface area is 157 Å². The molecule has 138 valence electrons. The third kappa shape index (κ3) is 4.97. The number of benzene rings is 2. The van der Waals surface area contributed by atoms with Gasteiger partial charge in [-0.2, -0.15) is 5.10 Å². The van der Waals surface area contributed by atoms with Gasteiger partial charge in [0.25, 0.3) is 0 Å². The Bertz CT molecular complexity index is 809. The number of nitrogens with zero attached hydrogens (tertiary/aromatic N) is 2. The zero-order valence-electron chi connectivity index (χ0n) is 14.7. The number of carboxylic acids is 1. The third-order valence-electron chi connectivity index (χ3n) is 3.96. The maximum absolute atomic E-state index is 10.9. The zero-order valence-corrected chi connectivity index (χ0v) is 15.5. The van der Waals surface area contributed by atoms with Crippen molar-refractivity contribution in [3.63, 3.8) is 0 Å². The summed E-state index contributed by atoms with van der Waals surface area (Å²) in [5, 5.41) is 24.6. The monoisotopic (exact) mass is 374 g/mol. The van der Waals surface area contributed by atoms with E-state index in [9.17, 15) is 9.90 Å². The van der Waals surface area contributed by atoms with Crippen LogP contribution in [0.1, 0.15) is 28.4 Å². The second kappa shape index (κ2) is 9.22. The average Bonchev–Trinajstić information content (AvgIpc) is 2.62. The molecule has 0 atom stereocenters. The number of carbonyl (C=O) groups excluding carboxylic acids is 1. The summed E-state index contributed by atoms with van der Waals surface area (Å²) in [5.74, 6) is -1.27. The Morgan fingerprint density at radius 1 is 1.35 bits per heavy atom. The molecule has 0 bridgehead atoms. The molecule has 0 saturated heterocycles. The highest BCUT2D eigenvalue weighted by Crippen LogP contribution is 2.23. The van der Waals surface area contributed by atoms with Crippen LogP contribution in [0.3, 0.4) is 0 Å². The van der Waals surface area contributed by atoms with Crippen molar-refractivity contribution in [1.29, 1.82) is 0 Å². The number of hydrazone groups is 1. The van der Waals surface area contributed by atoms with Gasteiger partial charge in [0.1, 0.15) is 0 Å². The van der Waals surface area contributed by atoms with Crippen LogP contribution in [0.15, 0.2) is 41.5 Å². The normalized spacial score (nSPS) is 10.9. The van der Waals surface area contributed by atoms with E-state index in [1.807, 2.05) is 32.0 Å². The van der Waals surface area contributed by atoms with Crippen molar-refractivity contribution in [3.05, 3.63) is 58.1 Å². The molecule has 0 aliphatic heterocycles. The van der Waals surface area contributed by atoms with Crippen LogP contribution >= 0.6 is 11.6 Å². The van der Waals surface area contributed by atoms with E-state index in [1.54, 1.807) is 6.21 Å². The van der Waals surface area contributed by atoms with E-state index in [0.29, 0.717) is 17.3 Å². The summed E-state index contributed by atoms with van der Waals surface area (Å²) >= 11 is 6.04. The van der Waals surface area contributed by atoms with Gasteiger partial charge < -0.3 is 19.9 Å². The number of aliphatic hydroxyl groups excluding tert-OH is 1. The van der Waals surface area contributed by atoms with Crippen LogP contribution in [0.25, 0.3) is 0 Å². The van der Waals surface area contributed by atoms with Gasteiger partial charge in [-0.15, -0.1) is 0 Å². The molecule has 0 radical (unpaired) electrons. The maximum Gasteiger partial charge on any atom is 0.0754 e. The first-order valence-corrected chi connectivity index (χ1v) is 8.60. The summed E-state index contributed by atoms with van der Waals surface area (Å²) < 4.78 is 0. The minimum absolute atomic E-state index is 0.0242. The van der Waals surface area contributed by atoms with Crippen LogP contribution < -0.4 is 15.4 Å². The fourth-order valence-electron chi connectivity index (χ4n) is 2.50. The van der Waals surface area contributed by atoms with Gasteiger partial charge in [-0.3, -0.25) is 5.43 Å². The molecule has 2 aromatic rings. The molecule has 0 saturated carbocycles. The zero-order chi connectivity index (χ0) is 19.1. The van der Waals surface area contributed by atoms with Gasteiger partial charge in [0.05, 0.1) is 29.5 Å². The SMILES string of the molecule is CCN(CCO)c1ccc(/C=N\Nc2cc(C(=O)[O-])ccc2Cl)c(C)c1. The molecule has 2 aromatic carbocycles. The van der Waals surface area contributed by atoms with E-state index >= 15 is 0 Å². The highest BCUT2D eigenvalue weighted by atomic mass is 35.5. The lowest BCUT2D eigenvalue weighted by molar-refractivity contribution is -0.255. The molecular formula is C19H21ClN3O3-. The second-order valence-electron chi connectivity index (χ2n) is 5.70. The number of likely N-dealkylation sites (N-methyl/N-ethyl adjacent to an activating group) is 1. The third-order valence-corrected chi connectivity index (χ3v) is 4.29. The van der Waals surface area contributed by atoms with Gasteiger partial charge >= 0.3 is 0 Å². The number of carboxylic acid groups (broad SMARTS) is 1. The van der Waals surface area contributed by atoms with Crippen molar-refractivity contribution in [2.24, 2.45) is 5.10 Å². The smallest absolute Gasteiger partial charge is 0.0754 e. The molecule has 6 nitrogen and oxygen atoms in total. The van der Waals surface area contributed by atoms with Crippen molar-refractivity contribution >= 4 is 35.2 Å². The molecule has 0 heterocycles. The van der Waals surface area contributed by atoms with Crippen LogP contribution in [0.2, 0.25) is 5.02 Å². The van der Waals surface area contributed by atoms with E-state index < -0.39 is 5.97 Å². The first-order valence-electron chi connectivity index (χ1n) is 8.22. The standard InChI is InChI=1S/C19H22ClN3O3/c1-3-23(8-9-24)16-6-4-15(13(2)10-16)12-21-22-18-11-14(19(25)26)5-7-17(18)20/h4-7,10-12,22,24H,3,8-9H2,1-2H3,(H,25,26)/p-1/b21-12-. The summed E-state index contributed by atoms with van der Waals surface area (Å²) in [7, 11) is 0. The number of aliphatic hydroxyl groups is 1. The number of aromatic carboxylic acids is 1. The summed E-state index contributed by atoms with van der Waals surface area (Å²) in [6, 6.07) is 10.2. The van der Waals surface area contributed by atoms with Crippen LogP contribution in [-0.4, -0.2) is 37.0 Å². The van der Waals surface area contributed by atoms with E-state index in [2.05, 4.69) is 15.4 Å². The lowest BCUT2D eigenvalue weighted by Gasteiger charge is -2.22. The maximum atomic E-state index is 10.9. The van der Waals surface area contributed by atoms with Gasteiger partial charge in [-0.05, 0) is 54.8 Å². The Morgan fingerprint density at radius 3 is 2.73 bits per heavy atom. The number of anilines is 2. The van der Waals surface area contributed by atoms with Crippen molar-refractivity contribution in [1.82, 2.24) is 0 Å². The van der Waals surface area contributed by atoms with Crippen LogP contribution in [0.4, 0.5) is 11.4 Å². The van der Waals surface area contributed by atoms with Crippen LogP contribution in [0.5, 0.6) is 0 Å². The number of hydrogen-bond acceptors (Lipinski definition) is 6. The number of rotatable bonds is 8. The number of halogens is 1. The average molecular weight is 375 g/mol. The molecule has 2 N–H and O–H groups in total. The Hall–Kier alpha value is -2.57. The molecule has 26 heavy (non-hydrogen) atoms. The lowest BCUT2D eigenvalue weighted by Crippen LogP contribution is -2.26. The molecular weight excluding hydrogens is 354 g/mol. The molecule has 0 unspecified atom stereocenters. The van der Waals surface area contributed by atoms with Crippen molar-refractivity contribution in [3.8, 4) is 0 Å². The van der Waals surface area contributed by atoms with Crippen LogP contribution in [0, 0.1) is 6.92 Å². The predicted molar refractivity (Wildman–Crippen MR) is 103 cm³/mol. The molecule has 0 aliphatic rings. The molecule has 0 aliphatic carbocycles. The summed E-state index contributed by atoms with van der Waals surface area (Å²) in [4.78, 5) is 13.0. The Morgan fingerprint density at radius 2 is 2.12 bits per heavy atom. The van der Waals surface area contributed by atoms with E-state index in [-0.39, 0.29) is 12.2 Å². The number of nitrogens with one attached hydrogen (secondary N) is 1. The van der Waals surface area contributed by atoms with Gasteiger partial charge in [-0.25, -0.2) is 0 Å². The highest BCUT2D eigenvalue weighted by Gasteiger charge is 2.06. The first-order chi connectivity index (χ1) is 12.5. The summed E-state index contributed by atoms with van der Waals surface area (Å²) in [6.45, 7) is 5.50. The van der Waals surface area contributed by atoms with Crippen molar-refractivity contribution in [2.75, 3.05) is 30.0 Å². The fraction of sp³-hybridized carbons (Fsp3) is 0.263. The van der Waals surface area contributed by atoms with Gasteiger partial charge in [0.15, 0.2) is 0 Å². The summed E-state index contributed by atoms with van der Waals surface area (Å²) in [5.41, 5.74) is 6.14. The molecule has 7 heteroatoms. The Balaban J connectivity index is 2.14. The highest BCUT2D eigenvalue weighted by molar-refractivity contribution is 6.33. The van der Waals surface area contributed by atoms with Gasteiger partial charge in [-0.1, -0.05) is 23.7 Å². The molecule has 2 rings (SSSR count). The van der Waals surface area contributed by atoms with E-state index in [4.69, 9.17) is 16.7 Å². The quantitative estimate of drug-likeness (QED) is 0.546. The molecule has 0 amide bonds. The summed E-state index contributed by atoms with van der Waals surface area (Å²) in [6.07, 6.45) is 1.64. The van der Waals surface area contributed by atoms with E-state index in [1.165, 1.54) is 18.2 Å². The molecule has 0 spiro atoms. The number of carbonyl (C=O) groups is 1. The van der Waals surface area contributed by atoms with Gasteiger partial charge in [0.2, 0.25) is 0 Å². The number of hydrogen-bond donors (Lipinski definition) is 2. The first kappa shape index (κ1) is 19.8. The minimum atomic E-state index is -1.27. The minimum Gasteiger partial charge on any atom is -0.545 e. The Kier molecular flexibility index (Phi) is 7.00. The largest absolute Gasteiger partial charge is 0.545 e.